The number of pyridine rings is 1. The molecule has 19 heavy (non-hydrogen) atoms. The van der Waals surface area contributed by atoms with E-state index in [9.17, 15) is 9.18 Å². The number of amides is 1. The SMILES string of the molecule is Cc1cc(C(=O)Nc2cc(F)cc(Cl)c2)cc(N)n1. The second-order valence-electron chi connectivity index (χ2n) is 4.03. The number of benzene rings is 1. The van der Waals surface area contributed by atoms with Gasteiger partial charge < -0.3 is 11.1 Å². The van der Waals surface area contributed by atoms with Crippen molar-refractivity contribution >= 4 is 29.0 Å². The predicted molar refractivity (Wildman–Crippen MR) is 72.7 cm³/mol. The second-order valence-corrected chi connectivity index (χ2v) is 4.47. The number of halogens is 2. The summed E-state index contributed by atoms with van der Waals surface area (Å²) in [4.78, 5) is 15.9. The van der Waals surface area contributed by atoms with E-state index in [1.807, 2.05) is 0 Å². The van der Waals surface area contributed by atoms with Gasteiger partial charge in [-0.25, -0.2) is 9.37 Å². The van der Waals surface area contributed by atoms with Crippen molar-refractivity contribution in [3.05, 3.63) is 52.4 Å². The van der Waals surface area contributed by atoms with Crippen LogP contribution in [0.15, 0.2) is 30.3 Å². The quantitative estimate of drug-likeness (QED) is 0.888. The van der Waals surface area contributed by atoms with Gasteiger partial charge in [0, 0.05) is 22.0 Å². The second kappa shape index (κ2) is 5.24. The Bertz CT molecular complexity index is 605. The van der Waals surface area contributed by atoms with Gasteiger partial charge >= 0.3 is 0 Å². The molecule has 0 aliphatic rings. The minimum absolute atomic E-state index is 0.209. The van der Waals surface area contributed by atoms with Crippen LogP contribution in [0, 0.1) is 12.7 Å². The topological polar surface area (TPSA) is 68.0 Å². The number of carbonyl (C=O) groups is 1. The molecule has 0 fully saturated rings. The van der Waals surface area contributed by atoms with Gasteiger partial charge in [0.25, 0.3) is 5.91 Å². The van der Waals surface area contributed by atoms with Crippen LogP contribution in [0.25, 0.3) is 0 Å². The first kappa shape index (κ1) is 13.3. The minimum atomic E-state index is -0.520. The Hall–Kier alpha value is -2.14. The number of anilines is 2. The molecule has 4 nitrogen and oxygen atoms in total. The molecule has 1 amide bonds. The highest BCUT2D eigenvalue weighted by molar-refractivity contribution is 6.31. The maximum absolute atomic E-state index is 13.1. The van der Waals surface area contributed by atoms with E-state index in [2.05, 4.69) is 10.3 Å². The van der Waals surface area contributed by atoms with E-state index in [-0.39, 0.29) is 16.5 Å². The van der Waals surface area contributed by atoms with E-state index in [1.165, 1.54) is 18.2 Å². The Morgan fingerprint density at radius 1 is 1.32 bits per heavy atom. The van der Waals surface area contributed by atoms with Crippen molar-refractivity contribution in [2.24, 2.45) is 0 Å². The zero-order valence-electron chi connectivity index (χ0n) is 10.1. The van der Waals surface area contributed by atoms with Gasteiger partial charge in [-0.1, -0.05) is 11.6 Å². The minimum Gasteiger partial charge on any atom is -0.384 e. The summed E-state index contributed by atoms with van der Waals surface area (Å²) in [5, 5.41) is 2.76. The van der Waals surface area contributed by atoms with Crippen LogP contribution >= 0.6 is 11.6 Å². The number of nitrogens with one attached hydrogen (secondary N) is 1. The Kier molecular flexibility index (Phi) is 3.66. The lowest BCUT2D eigenvalue weighted by molar-refractivity contribution is 0.102. The van der Waals surface area contributed by atoms with Crippen LogP contribution in [0.1, 0.15) is 16.1 Å². The molecule has 0 unspecified atom stereocenters. The van der Waals surface area contributed by atoms with E-state index < -0.39 is 11.7 Å². The van der Waals surface area contributed by atoms with Crippen LogP contribution in [0.4, 0.5) is 15.9 Å². The third-order valence-corrected chi connectivity index (χ3v) is 2.57. The summed E-state index contributed by atoms with van der Waals surface area (Å²) in [5.41, 5.74) is 6.83. The number of hydrogen-bond acceptors (Lipinski definition) is 3. The van der Waals surface area contributed by atoms with Gasteiger partial charge in [0.15, 0.2) is 0 Å². The maximum Gasteiger partial charge on any atom is 0.255 e. The van der Waals surface area contributed by atoms with Gasteiger partial charge in [-0.3, -0.25) is 4.79 Å². The molecule has 0 spiro atoms. The fourth-order valence-electron chi connectivity index (χ4n) is 1.65. The summed E-state index contributed by atoms with van der Waals surface area (Å²) < 4.78 is 13.1. The number of aryl methyl sites for hydroxylation is 1. The van der Waals surface area contributed by atoms with Crippen LogP contribution in [-0.4, -0.2) is 10.9 Å². The van der Waals surface area contributed by atoms with Gasteiger partial charge in [0.2, 0.25) is 0 Å². The largest absolute Gasteiger partial charge is 0.384 e. The summed E-state index contributed by atoms with van der Waals surface area (Å²) >= 11 is 5.71. The van der Waals surface area contributed by atoms with E-state index in [4.69, 9.17) is 17.3 Å². The summed E-state index contributed by atoms with van der Waals surface area (Å²) in [6, 6.07) is 6.84. The summed E-state index contributed by atoms with van der Waals surface area (Å²) in [6.07, 6.45) is 0. The lowest BCUT2D eigenvalue weighted by Crippen LogP contribution is -2.13. The van der Waals surface area contributed by atoms with Crippen LogP contribution in [0.3, 0.4) is 0 Å². The fourth-order valence-corrected chi connectivity index (χ4v) is 1.88. The highest BCUT2D eigenvalue weighted by Crippen LogP contribution is 2.19. The highest BCUT2D eigenvalue weighted by Gasteiger charge is 2.09. The Labute approximate surface area is 114 Å². The predicted octanol–water partition coefficient (Wildman–Crippen LogP) is 3.02. The Morgan fingerprint density at radius 3 is 2.68 bits per heavy atom. The molecule has 6 heteroatoms. The Balaban J connectivity index is 2.25. The fraction of sp³-hybridized carbons (Fsp3) is 0.0769. The molecule has 98 valence electrons. The van der Waals surface area contributed by atoms with Crippen LogP contribution in [0.2, 0.25) is 5.02 Å². The number of hydrogen-bond donors (Lipinski definition) is 2. The van der Waals surface area contributed by atoms with Crippen LogP contribution in [0.5, 0.6) is 0 Å². The van der Waals surface area contributed by atoms with Crippen LogP contribution in [-0.2, 0) is 0 Å². The molecule has 1 heterocycles. The summed E-state index contributed by atoms with van der Waals surface area (Å²) in [6.45, 7) is 1.73. The molecule has 1 aromatic carbocycles. The van der Waals surface area contributed by atoms with E-state index in [0.717, 1.165) is 6.07 Å². The highest BCUT2D eigenvalue weighted by atomic mass is 35.5. The van der Waals surface area contributed by atoms with E-state index >= 15 is 0 Å². The molecular weight excluding hydrogens is 269 g/mol. The lowest BCUT2D eigenvalue weighted by atomic mass is 10.2. The van der Waals surface area contributed by atoms with Gasteiger partial charge in [0.1, 0.15) is 11.6 Å². The average Bonchev–Trinajstić information content (AvgIpc) is 2.25. The third-order valence-electron chi connectivity index (χ3n) is 2.36. The molecule has 0 aliphatic heterocycles. The molecule has 0 bridgehead atoms. The molecule has 0 atom stereocenters. The normalized spacial score (nSPS) is 10.3. The number of nitrogen functional groups attached to an aromatic ring is 1. The van der Waals surface area contributed by atoms with Gasteiger partial charge in [0.05, 0.1) is 0 Å². The van der Waals surface area contributed by atoms with Crippen molar-refractivity contribution in [1.82, 2.24) is 4.98 Å². The third kappa shape index (κ3) is 3.42. The first-order chi connectivity index (χ1) is 8.94. The molecule has 2 aromatic rings. The van der Waals surface area contributed by atoms with E-state index in [1.54, 1.807) is 13.0 Å². The average molecular weight is 280 g/mol. The summed E-state index contributed by atoms with van der Waals surface area (Å²) in [5.74, 6) is -0.672. The van der Waals surface area contributed by atoms with Gasteiger partial charge in [-0.05, 0) is 37.3 Å². The molecule has 3 N–H and O–H groups in total. The number of nitrogens with two attached hydrogens (primary N) is 1. The molecule has 0 radical (unpaired) electrons. The van der Waals surface area contributed by atoms with Crippen molar-refractivity contribution in [2.45, 2.75) is 6.92 Å². The van der Waals surface area contributed by atoms with Crippen LogP contribution < -0.4 is 11.1 Å². The number of rotatable bonds is 2. The lowest BCUT2D eigenvalue weighted by Gasteiger charge is -2.07. The first-order valence-corrected chi connectivity index (χ1v) is 5.83. The van der Waals surface area contributed by atoms with Gasteiger partial charge in [-0.15, -0.1) is 0 Å². The van der Waals surface area contributed by atoms with Crippen molar-refractivity contribution < 1.29 is 9.18 Å². The maximum atomic E-state index is 13.1. The Morgan fingerprint density at radius 2 is 2.05 bits per heavy atom. The standard InChI is InChI=1S/C13H11ClFN3O/c1-7-2-8(3-12(16)17-7)13(19)18-11-5-9(14)4-10(15)6-11/h2-6H,1H3,(H2,16,17)(H,18,19). The van der Waals surface area contributed by atoms with Crippen molar-refractivity contribution in [3.63, 3.8) is 0 Å². The molecule has 0 saturated carbocycles. The zero-order valence-corrected chi connectivity index (χ0v) is 10.8. The molecule has 0 saturated heterocycles. The zero-order chi connectivity index (χ0) is 14.0. The first-order valence-electron chi connectivity index (χ1n) is 5.45. The number of aromatic nitrogens is 1. The van der Waals surface area contributed by atoms with Crippen molar-refractivity contribution in [2.75, 3.05) is 11.1 Å². The summed E-state index contributed by atoms with van der Waals surface area (Å²) in [7, 11) is 0. The molecule has 0 aliphatic carbocycles. The monoisotopic (exact) mass is 279 g/mol. The number of nitrogens with zero attached hydrogens (tertiary/aromatic N) is 1. The molecular formula is C13H11ClFN3O. The van der Waals surface area contributed by atoms with E-state index in [0.29, 0.717) is 11.3 Å². The smallest absolute Gasteiger partial charge is 0.255 e. The van der Waals surface area contributed by atoms with Crippen molar-refractivity contribution in [3.8, 4) is 0 Å². The molecule has 1 aromatic heterocycles. The van der Waals surface area contributed by atoms with Crippen molar-refractivity contribution in [1.29, 1.82) is 0 Å². The van der Waals surface area contributed by atoms with Gasteiger partial charge in [-0.2, -0.15) is 0 Å². The number of carbonyl (C=O) groups excluding carboxylic acids is 1. The molecule has 2 rings (SSSR count).